The third-order valence-corrected chi connectivity index (χ3v) is 3.62. The van der Waals surface area contributed by atoms with Gasteiger partial charge in [-0.25, -0.2) is 9.97 Å². The van der Waals surface area contributed by atoms with E-state index in [1.54, 1.807) is 25.1 Å². The molecule has 0 atom stereocenters. The Balaban J connectivity index is 1.75. The van der Waals surface area contributed by atoms with Crippen molar-refractivity contribution in [2.75, 3.05) is 10.6 Å². The topological polar surface area (TPSA) is 92.9 Å². The lowest BCUT2D eigenvalue weighted by atomic mass is 10.2. The predicted octanol–water partition coefficient (Wildman–Crippen LogP) is 3.73. The van der Waals surface area contributed by atoms with Crippen LogP contribution in [0.1, 0.15) is 21.8 Å². The number of benzene rings is 1. The molecular formula is C16H14ClN5O2. The molecule has 1 amide bonds. The van der Waals surface area contributed by atoms with Crippen molar-refractivity contribution in [3.05, 3.63) is 58.7 Å². The molecule has 24 heavy (non-hydrogen) atoms. The fourth-order valence-electron chi connectivity index (χ4n) is 1.97. The van der Waals surface area contributed by atoms with Gasteiger partial charge in [-0.1, -0.05) is 22.8 Å². The Morgan fingerprint density at radius 1 is 1.12 bits per heavy atom. The Morgan fingerprint density at radius 2 is 1.96 bits per heavy atom. The zero-order chi connectivity index (χ0) is 17.1. The first-order chi connectivity index (χ1) is 11.5. The smallest absolute Gasteiger partial charge is 0.274 e. The summed E-state index contributed by atoms with van der Waals surface area (Å²) in [7, 11) is 0. The Labute approximate surface area is 143 Å². The number of hydrogen-bond acceptors (Lipinski definition) is 6. The first kappa shape index (κ1) is 15.9. The van der Waals surface area contributed by atoms with Crippen LogP contribution in [0, 0.1) is 13.8 Å². The van der Waals surface area contributed by atoms with E-state index in [9.17, 15) is 4.79 Å². The quantitative estimate of drug-likeness (QED) is 0.749. The van der Waals surface area contributed by atoms with Gasteiger partial charge in [0.1, 0.15) is 23.6 Å². The number of aromatic nitrogens is 3. The molecule has 1 aromatic carbocycles. The van der Waals surface area contributed by atoms with Gasteiger partial charge in [0.05, 0.1) is 0 Å². The maximum Gasteiger partial charge on any atom is 0.274 e. The SMILES string of the molecule is Cc1cc(Nc2cc(C(=O)Nc3ccc(C)c(Cl)c3)ncn2)no1. The highest BCUT2D eigenvalue weighted by molar-refractivity contribution is 6.31. The number of hydrogen-bond donors (Lipinski definition) is 2. The van der Waals surface area contributed by atoms with Gasteiger partial charge in [-0.3, -0.25) is 4.79 Å². The molecule has 0 bridgehead atoms. The van der Waals surface area contributed by atoms with Crippen LogP contribution in [0.2, 0.25) is 5.02 Å². The molecule has 2 N–H and O–H groups in total. The zero-order valence-corrected chi connectivity index (χ0v) is 13.8. The average Bonchev–Trinajstić information content (AvgIpc) is 2.96. The second kappa shape index (κ2) is 6.67. The van der Waals surface area contributed by atoms with Crippen LogP contribution in [0.5, 0.6) is 0 Å². The minimum atomic E-state index is -0.364. The first-order valence-corrected chi connectivity index (χ1v) is 7.49. The van der Waals surface area contributed by atoms with Crippen molar-refractivity contribution in [2.45, 2.75) is 13.8 Å². The molecule has 0 spiro atoms. The third kappa shape index (κ3) is 3.69. The largest absolute Gasteiger partial charge is 0.360 e. The highest BCUT2D eigenvalue weighted by Crippen LogP contribution is 2.20. The van der Waals surface area contributed by atoms with E-state index in [0.29, 0.717) is 28.1 Å². The monoisotopic (exact) mass is 343 g/mol. The van der Waals surface area contributed by atoms with Gasteiger partial charge in [-0.05, 0) is 31.5 Å². The van der Waals surface area contributed by atoms with E-state index in [4.69, 9.17) is 16.1 Å². The van der Waals surface area contributed by atoms with Crippen molar-refractivity contribution < 1.29 is 9.32 Å². The van der Waals surface area contributed by atoms with Crippen molar-refractivity contribution in [3.63, 3.8) is 0 Å². The van der Waals surface area contributed by atoms with Gasteiger partial charge in [0.2, 0.25) is 0 Å². The van der Waals surface area contributed by atoms with Crippen molar-refractivity contribution in [1.29, 1.82) is 0 Å². The molecule has 8 heteroatoms. The van der Waals surface area contributed by atoms with Gasteiger partial charge in [-0.2, -0.15) is 0 Å². The number of rotatable bonds is 4. The van der Waals surface area contributed by atoms with Gasteiger partial charge >= 0.3 is 0 Å². The summed E-state index contributed by atoms with van der Waals surface area (Å²) in [6, 6.07) is 8.54. The Bertz CT molecular complexity index is 894. The van der Waals surface area contributed by atoms with Crippen molar-refractivity contribution >= 4 is 34.8 Å². The number of nitrogens with zero attached hydrogens (tertiary/aromatic N) is 3. The number of carbonyl (C=O) groups excluding carboxylic acids is 1. The fraction of sp³-hybridized carbons (Fsp3) is 0.125. The van der Waals surface area contributed by atoms with Crippen LogP contribution in [0.4, 0.5) is 17.3 Å². The maximum atomic E-state index is 12.3. The summed E-state index contributed by atoms with van der Waals surface area (Å²) in [5.41, 5.74) is 1.74. The summed E-state index contributed by atoms with van der Waals surface area (Å²) in [6.07, 6.45) is 1.30. The lowest BCUT2D eigenvalue weighted by Crippen LogP contribution is -2.14. The fourth-order valence-corrected chi connectivity index (χ4v) is 2.15. The molecule has 7 nitrogen and oxygen atoms in total. The molecule has 3 aromatic rings. The van der Waals surface area contributed by atoms with Crippen molar-refractivity contribution in [2.24, 2.45) is 0 Å². The lowest BCUT2D eigenvalue weighted by molar-refractivity contribution is 0.102. The Morgan fingerprint density at radius 3 is 2.67 bits per heavy atom. The molecule has 0 saturated carbocycles. The second-order valence-corrected chi connectivity index (χ2v) is 5.56. The van der Waals surface area contributed by atoms with Crippen LogP contribution < -0.4 is 10.6 Å². The van der Waals surface area contributed by atoms with Crippen LogP contribution in [0.15, 0.2) is 41.2 Å². The highest BCUT2D eigenvalue weighted by Gasteiger charge is 2.11. The van der Waals surface area contributed by atoms with Gasteiger partial charge in [0, 0.05) is 22.8 Å². The van der Waals surface area contributed by atoms with Gasteiger partial charge in [0.15, 0.2) is 5.82 Å². The molecule has 0 aliphatic carbocycles. The van der Waals surface area contributed by atoms with E-state index in [1.807, 2.05) is 13.0 Å². The molecule has 0 saturated heterocycles. The van der Waals surface area contributed by atoms with E-state index >= 15 is 0 Å². The summed E-state index contributed by atoms with van der Waals surface area (Å²) in [4.78, 5) is 20.3. The average molecular weight is 344 g/mol. The predicted molar refractivity (Wildman–Crippen MR) is 90.7 cm³/mol. The number of carbonyl (C=O) groups is 1. The molecule has 122 valence electrons. The highest BCUT2D eigenvalue weighted by atomic mass is 35.5. The number of halogens is 1. The van der Waals surface area contributed by atoms with Crippen LogP contribution in [0.3, 0.4) is 0 Å². The summed E-state index contributed by atoms with van der Waals surface area (Å²) in [5, 5.41) is 10.1. The normalized spacial score (nSPS) is 10.5. The number of aryl methyl sites for hydroxylation is 2. The summed E-state index contributed by atoms with van der Waals surface area (Å²) >= 11 is 6.06. The molecule has 2 heterocycles. The molecule has 0 fully saturated rings. The van der Waals surface area contributed by atoms with Gasteiger partial charge < -0.3 is 15.2 Å². The van der Waals surface area contributed by atoms with Crippen LogP contribution in [0.25, 0.3) is 0 Å². The van der Waals surface area contributed by atoms with E-state index in [0.717, 1.165) is 5.56 Å². The molecule has 0 radical (unpaired) electrons. The summed E-state index contributed by atoms with van der Waals surface area (Å²) in [5.74, 6) is 1.24. The number of amides is 1. The molecule has 0 aliphatic rings. The third-order valence-electron chi connectivity index (χ3n) is 3.21. The molecule has 2 aromatic heterocycles. The zero-order valence-electron chi connectivity index (χ0n) is 13.0. The Kier molecular flexibility index (Phi) is 4.43. The van der Waals surface area contributed by atoms with Crippen LogP contribution >= 0.6 is 11.6 Å². The Hall–Kier alpha value is -2.93. The van der Waals surface area contributed by atoms with E-state index in [2.05, 4.69) is 25.8 Å². The van der Waals surface area contributed by atoms with Crippen molar-refractivity contribution in [1.82, 2.24) is 15.1 Å². The van der Waals surface area contributed by atoms with Gasteiger partial charge in [0.25, 0.3) is 5.91 Å². The molecular weight excluding hydrogens is 330 g/mol. The number of anilines is 3. The van der Waals surface area contributed by atoms with E-state index < -0.39 is 0 Å². The minimum absolute atomic E-state index is 0.212. The first-order valence-electron chi connectivity index (χ1n) is 7.11. The molecule has 0 aliphatic heterocycles. The molecule has 0 unspecified atom stereocenters. The van der Waals surface area contributed by atoms with Crippen molar-refractivity contribution in [3.8, 4) is 0 Å². The van der Waals surface area contributed by atoms with E-state index in [-0.39, 0.29) is 11.6 Å². The summed E-state index contributed by atoms with van der Waals surface area (Å²) < 4.78 is 4.97. The van der Waals surface area contributed by atoms with E-state index in [1.165, 1.54) is 12.4 Å². The standard InChI is InChI=1S/C16H14ClN5O2/c1-9-3-4-11(6-12(9)17)20-16(23)13-7-14(19-8-18-13)21-15-5-10(2)24-22-15/h3-8H,1-2H3,(H,20,23)(H,18,19,21,22). The summed E-state index contributed by atoms with van der Waals surface area (Å²) in [6.45, 7) is 3.67. The van der Waals surface area contributed by atoms with Crippen LogP contribution in [-0.4, -0.2) is 21.0 Å². The molecule has 3 rings (SSSR count). The van der Waals surface area contributed by atoms with Crippen LogP contribution in [-0.2, 0) is 0 Å². The second-order valence-electron chi connectivity index (χ2n) is 5.15. The minimum Gasteiger partial charge on any atom is -0.360 e. The lowest BCUT2D eigenvalue weighted by Gasteiger charge is -2.07. The van der Waals surface area contributed by atoms with Gasteiger partial charge in [-0.15, -0.1) is 0 Å². The number of nitrogens with one attached hydrogen (secondary N) is 2. The maximum absolute atomic E-state index is 12.3.